The summed E-state index contributed by atoms with van der Waals surface area (Å²) >= 11 is 0. The van der Waals surface area contributed by atoms with E-state index in [0.717, 1.165) is 25.0 Å². The van der Waals surface area contributed by atoms with Crippen LogP contribution in [-0.4, -0.2) is 6.04 Å². The van der Waals surface area contributed by atoms with Gasteiger partial charge in [-0.25, -0.2) is 0 Å². The molecule has 0 saturated carbocycles. The lowest BCUT2D eigenvalue weighted by molar-refractivity contribution is 0.826. The van der Waals surface area contributed by atoms with E-state index in [1.54, 1.807) is 0 Å². The fourth-order valence-corrected chi connectivity index (χ4v) is 1.11. The first-order chi connectivity index (χ1) is 5.79. The fraction of sp³-hybridized carbons (Fsp3) is 0.400. The van der Waals surface area contributed by atoms with Crippen molar-refractivity contribution in [1.82, 2.24) is 0 Å². The van der Waals surface area contributed by atoms with E-state index in [4.69, 9.17) is 11.5 Å². The topological polar surface area (TPSA) is 52.0 Å². The summed E-state index contributed by atoms with van der Waals surface area (Å²) in [4.78, 5) is 0. The van der Waals surface area contributed by atoms with E-state index in [1.807, 2.05) is 18.2 Å². The van der Waals surface area contributed by atoms with Crippen LogP contribution in [0.15, 0.2) is 36.1 Å². The highest BCUT2D eigenvalue weighted by Crippen LogP contribution is 2.03. The Labute approximate surface area is 73.6 Å². The highest BCUT2D eigenvalue weighted by molar-refractivity contribution is 5.09. The second kappa shape index (κ2) is 4.78. The van der Waals surface area contributed by atoms with E-state index in [0.29, 0.717) is 0 Å². The Morgan fingerprint density at radius 2 is 2.08 bits per heavy atom. The summed E-state index contributed by atoms with van der Waals surface area (Å²) < 4.78 is 0. The van der Waals surface area contributed by atoms with E-state index < -0.39 is 0 Å². The Bertz CT molecular complexity index is 214. The molecule has 0 bridgehead atoms. The minimum Gasteiger partial charge on any atom is -0.402 e. The second-order valence-corrected chi connectivity index (χ2v) is 3.02. The molecule has 2 nitrogen and oxygen atoms in total. The molecule has 4 N–H and O–H groups in total. The van der Waals surface area contributed by atoms with Crippen molar-refractivity contribution in [3.8, 4) is 0 Å². The van der Waals surface area contributed by atoms with Crippen molar-refractivity contribution in [2.24, 2.45) is 11.5 Å². The molecule has 1 aliphatic carbocycles. The molecule has 1 aliphatic rings. The zero-order valence-corrected chi connectivity index (χ0v) is 7.24. The zero-order chi connectivity index (χ0) is 8.81. The molecule has 0 amide bonds. The molecule has 1 rings (SSSR count). The summed E-state index contributed by atoms with van der Waals surface area (Å²) in [6, 6.07) is 0.146. The van der Waals surface area contributed by atoms with Crippen LogP contribution in [-0.2, 0) is 0 Å². The molecular weight excluding hydrogens is 148 g/mol. The van der Waals surface area contributed by atoms with Gasteiger partial charge in [0.25, 0.3) is 0 Å². The largest absolute Gasteiger partial charge is 0.402 e. The van der Waals surface area contributed by atoms with Crippen LogP contribution in [0.1, 0.15) is 19.3 Å². The maximum atomic E-state index is 5.77. The van der Waals surface area contributed by atoms with Crippen molar-refractivity contribution in [2.45, 2.75) is 25.3 Å². The Balaban J connectivity index is 2.59. The van der Waals surface area contributed by atoms with Gasteiger partial charge in [-0.15, -0.1) is 0 Å². The van der Waals surface area contributed by atoms with Gasteiger partial charge in [0.15, 0.2) is 0 Å². The van der Waals surface area contributed by atoms with Crippen LogP contribution in [0.2, 0.25) is 0 Å². The van der Waals surface area contributed by atoms with E-state index >= 15 is 0 Å². The van der Waals surface area contributed by atoms with Crippen LogP contribution in [0.3, 0.4) is 0 Å². The van der Waals surface area contributed by atoms with Crippen LogP contribution in [0.4, 0.5) is 0 Å². The van der Waals surface area contributed by atoms with E-state index in [1.165, 1.54) is 0 Å². The molecule has 66 valence electrons. The van der Waals surface area contributed by atoms with Crippen LogP contribution in [0.5, 0.6) is 0 Å². The van der Waals surface area contributed by atoms with Crippen LogP contribution in [0, 0.1) is 0 Å². The van der Waals surface area contributed by atoms with Gasteiger partial charge in [-0.2, -0.15) is 0 Å². The molecule has 12 heavy (non-hydrogen) atoms. The van der Waals surface area contributed by atoms with Crippen LogP contribution < -0.4 is 11.5 Å². The number of hydrogen-bond acceptors (Lipinski definition) is 2. The molecule has 0 aromatic rings. The van der Waals surface area contributed by atoms with Gasteiger partial charge in [0.2, 0.25) is 0 Å². The molecule has 0 saturated heterocycles. The van der Waals surface area contributed by atoms with Gasteiger partial charge in [-0.1, -0.05) is 30.4 Å². The zero-order valence-electron chi connectivity index (χ0n) is 7.24. The van der Waals surface area contributed by atoms with Gasteiger partial charge in [-0.3, -0.25) is 0 Å². The molecule has 0 radical (unpaired) electrons. The Morgan fingerprint density at radius 1 is 1.25 bits per heavy atom. The summed E-state index contributed by atoms with van der Waals surface area (Å²) in [6.07, 6.45) is 13.0. The second-order valence-electron chi connectivity index (χ2n) is 3.02. The molecule has 0 aromatic carbocycles. The standard InChI is InChI=1S/C10H16N2/c11-9-5-2-1-3-6-10(12)8-4-7-9/h1-2,4,6-7,9H,3,5,8,11-12H2/b2-1+,7-4+,10-6-. The quantitative estimate of drug-likeness (QED) is 0.532. The number of rotatable bonds is 0. The SMILES string of the molecule is N/C1=C\C/C=C/CC(N)/C=C/C1. The third kappa shape index (κ3) is 3.39. The molecule has 0 aromatic heterocycles. The molecule has 1 unspecified atom stereocenters. The first kappa shape index (κ1) is 9.07. The Kier molecular flexibility index (Phi) is 3.61. The summed E-state index contributed by atoms with van der Waals surface area (Å²) in [5.74, 6) is 0. The van der Waals surface area contributed by atoms with E-state index in [9.17, 15) is 0 Å². The normalized spacial score (nSPS) is 34.8. The first-order valence-corrected chi connectivity index (χ1v) is 4.31. The minimum atomic E-state index is 0.146. The summed E-state index contributed by atoms with van der Waals surface area (Å²) in [7, 11) is 0. The first-order valence-electron chi connectivity index (χ1n) is 4.31. The van der Waals surface area contributed by atoms with Crippen LogP contribution in [0.25, 0.3) is 0 Å². The highest BCUT2D eigenvalue weighted by atomic mass is 14.6. The van der Waals surface area contributed by atoms with Crippen molar-refractivity contribution in [1.29, 1.82) is 0 Å². The fourth-order valence-electron chi connectivity index (χ4n) is 1.11. The average molecular weight is 164 g/mol. The number of allylic oxidation sites excluding steroid dienone is 3. The molecule has 0 spiro atoms. The predicted octanol–water partition coefficient (Wildman–Crippen LogP) is 1.45. The third-order valence-corrected chi connectivity index (χ3v) is 1.83. The van der Waals surface area contributed by atoms with Crippen molar-refractivity contribution < 1.29 is 0 Å². The minimum absolute atomic E-state index is 0.146. The summed E-state index contributed by atoms with van der Waals surface area (Å²) in [5, 5.41) is 0. The Hall–Kier alpha value is -1.02. The number of hydrogen-bond donors (Lipinski definition) is 2. The molecule has 2 heteroatoms. The smallest absolute Gasteiger partial charge is 0.0258 e. The summed E-state index contributed by atoms with van der Waals surface area (Å²) in [6.45, 7) is 0. The van der Waals surface area contributed by atoms with Crippen molar-refractivity contribution in [3.63, 3.8) is 0 Å². The van der Waals surface area contributed by atoms with Gasteiger partial charge in [0.05, 0.1) is 0 Å². The average Bonchev–Trinajstić information content (AvgIpc) is 2.04. The van der Waals surface area contributed by atoms with Crippen molar-refractivity contribution in [3.05, 3.63) is 36.1 Å². The van der Waals surface area contributed by atoms with E-state index in [-0.39, 0.29) is 6.04 Å². The van der Waals surface area contributed by atoms with Gasteiger partial charge in [0.1, 0.15) is 0 Å². The monoisotopic (exact) mass is 164 g/mol. The lowest BCUT2D eigenvalue weighted by atomic mass is 10.1. The maximum absolute atomic E-state index is 5.77. The molecular formula is C10H16N2. The lowest BCUT2D eigenvalue weighted by Crippen LogP contribution is -2.15. The number of nitrogens with two attached hydrogens (primary N) is 2. The van der Waals surface area contributed by atoms with Gasteiger partial charge >= 0.3 is 0 Å². The van der Waals surface area contributed by atoms with Crippen molar-refractivity contribution in [2.75, 3.05) is 0 Å². The molecule has 1 atom stereocenters. The predicted molar refractivity (Wildman–Crippen MR) is 52.4 cm³/mol. The van der Waals surface area contributed by atoms with Gasteiger partial charge in [-0.05, 0) is 12.8 Å². The van der Waals surface area contributed by atoms with Crippen LogP contribution >= 0.6 is 0 Å². The van der Waals surface area contributed by atoms with Gasteiger partial charge in [0, 0.05) is 18.2 Å². The lowest BCUT2D eigenvalue weighted by Gasteiger charge is -2.03. The summed E-state index contributed by atoms with van der Waals surface area (Å²) in [5.41, 5.74) is 12.4. The van der Waals surface area contributed by atoms with E-state index in [2.05, 4.69) is 12.2 Å². The highest BCUT2D eigenvalue weighted by Gasteiger charge is 1.94. The molecule has 0 aliphatic heterocycles. The third-order valence-electron chi connectivity index (χ3n) is 1.83. The molecule has 0 fully saturated rings. The maximum Gasteiger partial charge on any atom is 0.0258 e. The molecule has 0 heterocycles. The van der Waals surface area contributed by atoms with Gasteiger partial charge < -0.3 is 11.5 Å². The Morgan fingerprint density at radius 3 is 2.92 bits per heavy atom. The van der Waals surface area contributed by atoms with Crippen molar-refractivity contribution >= 4 is 0 Å².